The van der Waals surface area contributed by atoms with E-state index in [4.69, 9.17) is 0 Å². The van der Waals surface area contributed by atoms with Gasteiger partial charge in [0.05, 0.1) is 5.56 Å². The van der Waals surface area contributed by atoms with Crippen LogP contribution in [0.25, 0.3) is 0 Å². The molecule has 0 amide bonds. The van der Waals surface area contributed by atoms with Gasteiger partial charge in [0.25, 0.3) is 0 Å². The number of Topliss-reactive ketones (excluding diaryl/α,β-unsaturated/α-hetero) is 1. The average Bonchev–Trinajstić information content (AvgIpc) is 2.37. The van der Waals surface area contributed by atoms with Gasteiger partial charge in [0.1, 0.15) is 11.6 Å². The van der Waals surface area contributed by atoms with E-state index in [1.165, 1.54) is 6.20 Å². The molecule has 0 bridgehead atoms. The third kappa shape index (κ3) is 2.77. The number of hydrogen-bond donors (Lipinski definition) is 0. The van der Waals surface area contributed by atoms with Crippen molar-refractivity contribution in [1.29, 1.82) is 0 Å². The molecular formula is C14H7F2NO. The number of benzene rings is 1. The molecule has 0 spiro atoms. The number of aromatic nitrogens is 1. The number of halogens is 2. The largest absolute Gasteiger partial charge is 0.279 e. The maximum atomic E-state index is 13.3. The van der Waals surface area contributed by atoms with Crippen LogP contribution < -0.4 is 0 Å². The molecule has 18 heavy (non-hydrogen) atoms. The number of carbonyl (C=O) groups excluding carboxylic acids is 1. The summed E-state index contributed by atoms with van der Waals surface area (Å²) >= 11 is 0. The number of nitrogens with zero attached hydrogens (tertiary/aromatic N) is 1. The monoisotopic (exact) mass is 243 g/mol. The van der Waals surface area contributed by atoms with E-state index in [1.807, 2.05) is 0 Å². The number of carbonyl (C=O) groups is 1. The molecule has 0 aliphatic heterocycles. The lowest BCUT2D eigenvalue weighted by Gasteiger charge is -1.96. The van der Waals surface area contributed by atoms with Gasteiger partial charge in [-0.2, -0.15) is 0 Å². The molecule has 4 heteroatoms. The highest BCUT2D eigenvalue weighted by atomic mass is 19.1. The molecule has 1 heterocycles. The first kappa shape index (κ1) is 11.9. The predicted molar refractivity (Wildman–Crippen MR) is 61.8 cm³/mol. The Morgan fingerprint density at radius 2 is 2.06 bits per heavy atom. The number of pyridine rings is 1. The molecule has 0 N–H and O–H groups in total. The van der Waals surface area contributed by atoms with Crippen molar-refractivity contribution in [1.82, 2.24) is 4.98 Å². The summed E-state index contributed by atoms with van der Waals surface area (Å²) in [5, 5.41) is 0. The molecule has 0 radical (unpaired) electrons. The molecule has 2 nitrogen and oxygen atoms in total. The minimum Gasteiger partial charge on any atom is -0.279 e. The highest BCUT2D eigenvalue weighted by molar-refractivity contribution is 6.09. The Bertz CT molecular complexity index is 642. The Kier molecular flexibility index (Phi) is 3.44. The maximum Gasteiger partial charge on any atom is 0.239 e. The van der Waals surface area contributed by atoms with Gasteiger partial charge in [-0.3, -0.25) is 9.78 Å². The smallest absolute Gasteiger partial charge is 0.239 e. The summed E-state index contributed by atoms with van der Waals surface area (Å²) in [5.41, 5.74) is 0.307. The number of rotatable bonds is 1. The minimum absolute atomic E-state index is 0.243. The van der Waals surface area contributed by atoms with Crippen molar-refractivity contribution in [3.05, 3.63) is 65.5 Å². The van der Waals surface area contributed by atoms with Crippen LogP contribution in [0.4, 0.5) is 8.78 Å². The van der Waals surface area contributed by atoms with Gasteiger partial charge in [0, 0.05) is 24.0 Å². The standard InChI is InChI=1S/C14H7F2NO/c15-11-4-5-12(13(16)8-11)14(18)6-3-10-2-1-7-17-9-10/h1-2,4-5,7-9H. The second-order valence-corrected chi connectivity index (χ2v) is 3.44. The second kappa shape index (κ2) is 5.19. The van der Waals surface area contributed by atoms with Crippen LogP contribution in [-0.4, -0.2) is 10.8 Å². The van der Waals surface area contributed by atoms with Crippen molar-refractivity contribution in [3.63, 3.8) is 0 Å². The van der Waals surface area contributed by atoms with Gasteiger partial charge in [-0.1, -0.05) is 5.92 Å². The lowest BCUT2D eigenvalue weighted by atomic mass is 10.1. The van der Waals surface area contributed by atoms with Crippen molar-refractivity contribution in [2.75, 3.05) is 0 Å². The van der Waals surface area contributed by atoms with Crippen LogP contribution in [0.2, 0.25) is 0 Å². The molecular weight excluding hydrogens is 236 g/mol. The van der Waals surface area contributed by atoms with E-state index in [-0.39, 0.29) is 5.56 Å². The summed E-state index contributed by atoms with van der Waals surface area (Å²) < 4.78 is 26.0. The summed E-state index contributed by atoms with van der Waals surface area (Å²) in [6.45, 7) is 0. The Morgan fingerprint density at radius 1 is 1.22 bits per heavy atom. The van der Waals surface area contributed by atoms with Crippen molar-refractivity contribution in [2.45, 2.75) is 0 Å². The maximum absolute atomic E-state index is 13.3. The zero-order valence-corrected chi connectivity index (χ0v) is 9.15. The van der Waals surface area contributed by atoms with Crippen LogP contribution in [0.1, 0.15) is 15.9 Å². The Morgan fingerprint density at radius 3 is 2.72 bits per heavy atom. The van der Waals surface area contributed by atoms with Crippen LogP contribution in [0.5, 0.6) is 0 Å². The van der Waals surface area contributed by atoms with E-state index in [0.717, 1.165) is 12.1 Å². The summed E-state index contributed by atoms with van der Waals surface area (Å²) in [5.74, 6) is 2.50. The molecule has 1 aromatic heterocycles. The van der Waals surface area contributed by atoms with E-state index >= 15 is 0 Å². The van der Waals surface area contributed by atoms with E-state index in [0.29, 0.717) is 11.6 Å². The first-order chi connectivity index (χ1) is 8.66. The van der Waals surface area contributed by atoms with E-state index in [2.05, 4.69) is 16.8 Å². The number of hydrogen-bond acceptors (Lipinski definition) is 2. The second-order valence-electron chi connectivity index (χ2n) is 3.44. The zero-order valence-electron chi connectivity index (χ0n) is 9.15. The van der Waals surface area contributed by atoms with E-state index in [9.17, 15) is 13.6 Å². The van der Waals surface area contributed by atoms with Gasteiger partial charge in [0.15, 0.2) is 0 Å². The third-order valence-corrected chi connectivity index (χ3v) is 2.16. The first-order valence-electron chi connectivity index (χ1n) is 5.08. The fourth-order valence-electron chi connectivity index (χ4n) is 1.31. The van der Waals surface area contributed by atoms with Crippen molar-refractivity contribution >= 4 is 5.78 Å². The normalized spacial score (nSPS) is 9.44. The molecule has 1 aromatic carbocycles. The van der Waals surface area contributed by atoms with Gasteiger partial charge in [0.2, 0.25) is 5.78 Å². The fourth-order valence-corrected chi connectivity index (χ4v) is 1.31. The molecule has 2 aromatic rings. The van der Waals surface area contributed by atoms with Crippen molar-refractivity contribution < 1.29 is 13.6 Å². The van der Waals surface area contributed by atoms with Crippen LogP contribution in [0, 0.1) is 23.5 Å². The topological polar surface area (TPSA) is 30.0 Å². The highest BCUT2D eigenvalue weighted by Crippen LogP contribution is 2.09. The minimum atomic E-state index is -0.916. The third-order valence-electron chi connectivity index (χ3n) is 2.16. The Balaban J connectivity index is 2.26. The molecule has 88 valence electrons. The van der Waals surface area contributed by atoms with Gasteiger partial charge >= 0.3 is 0 Å². The van der Waals surface area contributed by atoms with Crippen LogP contribution >= 0.6 is 0 Å². The number of ketones is 1. The lowest BCUT2D eigenvalue weighted by Crippen LogP contribution is -1.99. The molecule has 0 fully saturated rings. The molecule has 0 atom stereocenters. The fraction of sp³-hybridized carbons (Fsp3) is 0. The Hall–Kier alpha value is -2.54. The van der Waals surface area contributed by atoms with E-state index < -0.39 is 17.4 Å². The molecule has 0 unspecified atom stereocenters. The molecule has 0 aliphatic rings. The van der Waals surface area contributed by atoms with Gasteiger partial charge in [-0.15, -0.1) is 0 Å². The van der Waals surface area contributed by atoms with Gasteiger partial charge < -0.3 is 0 Å². The zero-order chi connectivity index (χ0) is 13.0. The lowest BCUT2D eigenvalue weighted by molar-refractivity contribution is 0.105. The molecule has 0 saturated carbocycles. The summed E-state index contributed by atoms with van der Waals surface area (Å²) in [6.07, 6.45) is 3.06. The van der Waals surface area contributed by atoms with Crippen LogP contribution in [-0.2, 0) is 0 Å². The average molecular weight is 243 g/mol. The van der Waals surface area contributed by atoms with E-state index in [1.54, 1.807) is 18.3 Å². The van der Waals surface area contributed by atoms with Crippen molar-refractivity contribution in [3.8, 4) is 11.8 Å². The van der Waals surface area contributed by atoms with Crippen LogP contribution in [0.15, 0.2) is 42.7 Å². The first-order valence-corrected chi connectivity index (χ1v) is 5.08. The molecule has 0 saturated heterocycles. The Labute approximate surface area is 102 Å². The SMILES string of the molecule is O=C(C#Cc1cccnc1)c1ccc(F)cc1F. The summed E-state index contributed by atoms with van der Waals surface area (Å²) in [4.78, 5) is 15.4. The molecule has 0 aliphatic carbocycles. The quantitative estimate of drug-likeness (QED) is 0.569. The van der Waals surface area contributed by atoms with Crippen molar-refractivity contribution in [2.24, 2.45) is 0 Å². The summed E-state index contributed by atoms with van der Waals surface area (Å²) in [6, 6.07) is 6.09. The predicted octanol–water partition coefficient (Wildman–Crippen LogP) is 2.59. The molecule has 2 rings (SSSR count). The van der Waals surface area contributed by atoms with Crippen LogP contribution in [0.3, 0.4) is 0 Å². The highest BCUT2D eigenvalue weighted by Gasteiger charge is 2.09. The summed E-state index contributed by atoms with van der Waals surface area (Å²) in [7, 11) is 0. The van der Waals surface area contributed by atoms with Gasteiger partial charge in [-0.05, 0) is 30.2 Å². The van der Waals surface area contributed by atoms with Gasteiger partial charge in [-0.25, -0.2) is 8.78 Å².